The summed E-state index contributed by atoms with van der Waals surface area (Å²) in [5.41, 5.74) is 2.33. The van der Waals surface area contributed by atoms with Gasteiger partial charge in [-0.25, -0.2) is 0 Å². The van der Waals surface area contributed by atoms with Gasteiger partial charge in [0.05, 0.1) is 6.67 Å². The summed E-state index contributed by atoms with van der Waals surface area (Å²) in [5, 5.41) is 0. The fourth-order valence-electron chi connectivity index (χ4n) is 2.00. The van der Waals surface area contributed by atoms with E-state index in [1.54, 1.807) is 24.3 Å². The molecule has 2 heteroatoms. The third-order valence-corrected chi connectivity index (χ3v) is 3.08. The van der Waals surface area contributed by atoms with Gasteiger partial charge in [0.15, 0.2) is 5.78 Å². The summed E-state index contributed by atoms with van der Waals surface area (Å²) in [6, 6.07) is 7.54. The molecule has 20 heavy (non-hydrogen) atoms. The summed E-state index contributed by atoms with van der Waals surface area (Å²) in [6.07, 6.45) is 8.97. The van der Waals surface area contributed by atoms with Gasteiger partial charge in [-0.2, -0.15) is 0 Å². The van der Waals surface area contributed by atoms with E-state index in [0.29, 0.717) is 17.6 Å². The number of hydrogen-bond acceptors (Lipinski definition) is 1. The summed E-state index contributed by atoms with van der Waals surface area (Å²) in [5.74, 6) is 0.00134. The van der Waals surface area contributed by atoms with Crippen molar-refractivity contribution in [3.63, 3.8) is 0 Å². The molecule has 0 aromatic heterocycles. The molecule has 0 radical (unpaired) electrons. The summed E-state index contributed by atoms with van der Waals surface area (Å²) in [6.45, 7) is 5.14. The molecule has 0 atom stereocenters. The average molecular weight is 272 g/mol. The molecule has 0 aliphatic heterocycles. The normalized spacial score (nSPS) is 11.8. The van der Waals surface area contributed by atoms with E-state index in [1.807, 2.05) is 31.2 Å². The number of benzene rings is 1. The lowest BCUT2D eigenvalue weighted by atomic mass is 9.95. The Kier molecular flexibility index (Phi) is 7.26. The smallest absolute Gasteiger partial charge is 0.192 e. The van der Waals surface area contributed by atoms with Crippen LogP contribution in [0, 0.1) is 0 Å². The number of hydrogen-bond donors (Lipinski definition) is 0. The highest BCUT2D eigenvalue weighted by Gasteiger charge is 2.13. The zero-order valence-electron chi connectivity index (χ0n) is 11.9. The minimum absolute atomic E-state index is 0.00134. The second kappa shape index (κ2) is 9.03. The third-order valence-electron chi connectivity index (χ3n) is 3.08. The molecule has 106 valence electrons. The Bertz CT molecular complexity index is 512. The molecular formula is C18H21FO. The second-order valence-electron chi connectivity index (χ2n) is 4.47. The van der Waals surface area contributed by atoms with Crippen LogP contribution in [0.25, 0.3) is 0 Å². The minimum atomic E-state index is -0.307. The number of carbonyl (C=O) groups excluding carboxylic acids is 1. The number of ketones is 1. The van der Waals surface area contributed by atoms with Gasteiger partial charge in [0.1, 0.15) is 0 Å². The molecule has 1 aromatic carbocycles. The molecule has 0 amide bonds. The lowest BCUT2D eigenvalue weighted by Crippen LogP contribution is -2.06. The zero-order valence-corrected chi connectivity index (χ0v) is 11.9. The number of allylic oxidation sites excluding steroid dienone is 5. The highest BCUT2D eigenvalue weighted by molar-refractivity contribution is 6.11. The van der Waals surface area contributed by atoms with Crippen LogP contribution < -0.4 is 0 Å². The number of alkyl halides is 1. The molecule has 0 heterocycles. The molecule has 1 nitrogen and oxygen atoms in total. The number of aryl methyl sites for hydroxylation is 1. The number of rotatable bonds is 8. The number of unbranched alkanes of at least 4 members (excludes halogenated alkanes) is 1. The van der Waals surface area contributed by atoms with Crippen LogP contribution in [-0.4, -0.2) is 12.5 Å². The molecule has 1 aromatic rings. The highest BCUT2D eigenvalue weighted by atomic mass is 19.1. The van der Waals surface area contributed by atoms with Crippen LogP contribution in [0.1, 0.15) is 35.7 Å². The van der Waals surface area contributed by atoms with Crippen LogP contribution >= 0.6 is 0 Å². The van der Waals surface area contributed by atoms with Crippen LogP contribution in [0.2, 0.25) is 0 Å². The monoisotopic (exact) mass is 272 g/mol. The maximum absolute atomic E-state index is 12.5. The maximum Gasteiger partial charge on any atom is 0.192 e. The molecular weight excluding hydrogens is 251 g/mol. The van der Waals surface area contributed by atoms with Gasteiger partial charge in [-0.3, -0.25) is 9.18 Å². The van der Waals surface area contributed by atoms with E-state index in [1.165, 1.54) is 0 Å². The van der Waals surface area contributed by atoms with Gasteiger partial charge in [-0.1, -0.05) is 55.1 Å². The standard InChI is InChI=1S/C18H21FO/c1-3-5-10-15(4-2)18(20)17-13-7-6-11-16(17)12-8-9-14-19/h3-7,10-11,13H,1,8-9,12,14H2,2H3/b10-5-,15-4+. The number of halogens is 1. The molecule has 0 aliphatic carbocycles. The van der Waals surface area contributed by atoms with Gasteiger partial charge in [0.2, 0.25) is 0 Å². The van der Waals surface area contributed by atoms with E-state index >= 15 is 0 Å². The lowest BCUT2D eigenvalue weighted by molar-refractivity contribution is 0.103. The van der Waals surface area contributed by atoms with Gasteiger partial charge >= 0.3 is 0 Å². The van der Waals surface area contributed by atoms with Gasteiger partial charge in [-0.15, -0.1) is 0 Å². The summed E-state index contributed by atoms with van der Waals surface area (Å²) in [4.78, 5) is 12.5. The highest BCUT2D eigenvalue weighted by Crippen LogP contribution is 2.17. The largest absolute Gasteiger partial charge is 0.289 e. The maximum atomic E-state index is 12.5. The van der Waals surface area contributed by atoms with E-state index in [9.17, 15) is 9.18 Å². The van der Waals surface area contributed by atoms with Crippen molar-refractivity contribution < 1.29 is 9.18 Å². The minimum Gasteiger partial charge on any atom is -0.289 e. The van der Waals surface area contributed by atoms with Gasteiger partial charge in [-0.05, 0) is 31.7 Å². The Morgan fingerprint density at radius 3 is 2.70 bits per heavy atom. The van der Waals surface area contributed by atoms with Crippen LogP contribution in [0.3, 0.4) is 0 Å². The first-order valence-electron chi connectivity index (χ1n) is 6.88. The van der Waals surface area contributed by atoms with Crippen molar-refractivity contribution in [3.05, 3.63) is 71.8 Å². The molecule has 0 aliphatic rings. The predicted octanol–water partition coefficient (Wildman–Crippen LogP) is 4.85. The van der Waals surface area contributed by atoms with Crippen molar-refractivity contribution in [2.24, 2.45) is 0 Å². The van der Waals surface area contributed by atoms with Gasteiger partial charge in [0, 0.05) is 11.1 Å². The van der Waals surface area contributed by atoms with Crippen molar-refractivity contribution in [2.45, 2.75) is 26.2 Å². The Labute approximate surface area is 120 Å². The topological polar surface area (TPSA) is 17.1 Å². The Hall–Kier alpha value is -1.96. The van der Waals surface area contributed by atoms with Crippen LogP contribution in [0.5, 0.6) is 0 Å². The molecule has 1 rings (SSSR count). The van der Waals surface area contributed by atoms with Crippen molar-refractivity contribution >= 4 is 5.78 Å². The van der Waals surface area contributed by atoms with Crippen molar-refractivity contribution in [2.75, 3.05) is 6.67 Å². The zero-order chi connectivity index (χ0) is 14.8. The number of carbonyl (C=O) groups is 1. The van der Waals surface area contributed by atoms with E-state index in [-0.39, 0.29) is 12.5 Å². The van der Waals surface area contributed by atoms with Crippen LogP contribution in [0.15, 0.2) is 60.7 Å². The van der Waals surface area contributed by atoms with Crippen LogP contribution in [0.4, 0.5) is 4.39 Å². The fraction of sp³-hybridized carbons (Fsp3) is 0.278. The third kappa shape index (κ3) is 4.61. The predicted molar refractivity (Wildman–Crippen MR) is 82.8 cm³/mol. The first kappa shape index (κ1) is 16.1. The van der Waals surface area contributed by atoms with Crippen molar-refractivity contribution in [3.8, 4) is 0 Å². The molecule has 0 N–H and O–H groups in total. The van der Waals surface area contributed by atoms with E-state index in [2.05, 4.69) is 6.58 Å². The SMILES string of the molecule is C=C/C=C\C(=C/C)C(=O)c1ccccc1CCCCF. The summed E-state index contributed by atoms with van der Waals surface area (Å²) < 4.78 is 12.2. The Morgan fingerprint density at radius 1 is 1.30 bits per heavy atom. The van der Waals surface area contributed by atoms with Crippen LogP contribution in [-0.2, 0) is 6.42 Å². The molecule has 0 bridgehead atoms. The van der Waals surface area contributed by atoms with E-state index in [0.717, 1.165) is 18.4 Å². The summed E-state index contributed by atoms with van der Waals surface area (Å²) in [7, 11) is 0. The van der Waals surface area contributed by atoms with E-state index < -0.39 is 0 Å². The van der Waals surface area contributed by atoms with E-state index in [4.69, 9.17) is 0 Å². The molecule has 0 saturated carbocycles. The molecule has 0 saturated heterocycles. The van der Waals surface area contributed by atoms with Gasteiger partial charge < -0.3 is 0 Å². The number of Topliss-reactive ketones (excluding diaryl/α,β-unsaturated/α-hetero) is 1. The van der Waals surface area contributed by atoms with Gasteiger partial charge in [0.25, 0.3) is 0 Å². The quantitative estimate of drug-likeness (QED) is 0.286. The summed E-state index contributed by atoms with van der Waals surface area (Å²) >= 11 is 0. The molecule has 0 spiro atoms. The molecule has 0 unspecified atom stereocenters. The second-order valence-corrected chi connectivity index (χ2v) is 4.47. The average Bonchev–Trinajstić information content (AvgIpc) is 2.48. The fourth-order valence-corrected chi connectivity index (χ4v) is 2.00. The Balaban J connectivity index is 2.97. The first-order chi connectivity index (χ1) is 9.74. The Morgan fingerprint density at radius 2 is 2.05 bits per heavy atom. The lowest BCUT2D eigenvalue weighted by Gasteiger charge is -2.08. The first-order valence-corrected chi connectivity index (χ1v) is 6.88. The van der Waals surface area contributed by atoms with Crippen molar-refractivity contribution in [1.29, 1.82) is 0 Å². The van der Waals surface area contributed by atoms with Crippen molar-refractivity contribution in [1.82, 2.24) is 0 Å². The molecule has 0 fully saturated rings.